The second-order valence-electron chi connectivity index (χ2n) is 5.95. The van der Waals surface area contributed by atoms with Crippen LogP contribution in [0.1, 0.15) is 25.1 Å². The monoisotopic (exact) mass is 287 g/mol. The number of hydrogen-bond donors (Lipinski definition) is 2. The van der Waals surface area contributed by atoms with Crippen molar-refractivity contribution in [2.24, 2.45) is 5.92 Å². The van der Waals surface area contributed by atoms with Gasteiger partial charge in [-0.25, -0.2) is 4.98 Å². The van der Waals surface area contributed by atoms with Crippen molar-refractivity contribution in [3.05, 3.63) is 18.0 Å². The standard InChI is InChI=1S/C16H21N3O2/c1-6-20-14-9-12-13(10-15(14)21-7-1)19-16(18-12)8-11-2-4-17-5-3-11/h9-11,17H,1-8H2,(H,18,19). The minimum absolute atomic E-state index is 0.713. The van der Waals surface area contributed by atoms with Crippen molar-refractivity contribution in [1.82, 2.24) is 15.3 Å². The fourth-order valence-electron chi connectivity index (χ4n) is 3.18. The molecule has 0 unspecified atom stereocenters. The van der Waals surface area contributed by atoms with Gasteiger partial charge in [-0.1, -0.05) is 0 Å². The van der Waals surface area contributed by atoms with Crippen LogP contribution >= 0.6 is 0 Å². The molecule has 5 heteroatoms. The average molecular weight is 287 g/mol. The second-order valence-corrected chi connectivity index (χ2v) is 5.95. The van der Waals surface area contributed by atoms with E-state index >= 15 is 0 Å². The lowest BCUT2D eigenvalue weighted by Crippen LogP contribution is -2.28. The molecular weight excluding hydrogens is 266 g/mol. The molecule has 0 radical (unpaired) electrons. The fraction of sp³-hybridized carbons (Fsp3) is 0.562. The number of aromatic nitrogens is 2. The van der Waals surface area contributed by atoms with Gasteiger partial charge >= 0.3 is 0 Å². The third kappa shape index (κ3) is 2.70. The molecule has 2 aromatic rings. The van der Waals surface area contributed by atoms with Crippen LogP contribution in [-0.2, 0) is 6.42 Å². The zero-order valence-corrected chi connectivity index (χ0v) is 12.2. The van der Waals surface area contributed by atoms with E-state index in [0.29, 0.717) is 13.2 Å². The van der Waals surface area contributed by atoms with Gasteiger partial charge in [-0.15, -0.1) is 0 Å². The molecule has 21 heavy (non-hydrogen) atoms. The van der Waals surface area contributed by atoms with Crippen LogP contribution in [0.2, 0.25) is 0 Å². The summed E-state index contributed by atoms with van der Waals surface area (Å²) >= 11 is 0. The first-order valence-corrected chi connectivity index (χ1v) is 7.87. The Morgan fingerprint density at radius 2 is 1.86 bits per heavy atom. The number of hydrogen-bond acceptors (Lipinski definition) is 4. The van der Waals surface area contributed by atoms with Crippen LogP contribution in [-0.4, -0.2) is 36.3 Å². The maximum Gasteiger partial charge on any atom is 0.163 e. The smallest absolute Gasteiger partial charge is 0.163 e. The predicted molar refractivity (Wildman–Crippen MR) is 81.0 cm³/mol. The molecule has 112 valence electrons. The summed E-state index contributed by atoms with van der Waals surface area (Å²) in [5, 5.41) is 3.41. The summed E-state index contributed by atoms with van der Waals surface area (Å²) in [7, 11) is 0. The van der Waals surface area contributed by atoms with Crippen molar-refractivity contribution >= 4 is 11.0 Å². The molecule has 2 aliphatic heterocycles. The number of H-pyrrole nitrogens is 1. The van der Waals surface area contributed by atoms with Crippen LogP contribution in [0.25, 0.3) is 11.0 Å². The van der Waals surface area contributed by atoms with Gasteiger partial charge in [0.15, 0.2) is 11.5 Å². The first-order chi connectivity index (χ1) is 10.4. The third-order valence-corrected chi connectivity index (χ3v) is 4.34. The van der Waals surface area contributed by atoms with Gasteiger partial charge in [0.25, 0.3) is 0 Å². The highest BCUT2D eigenvalue weighted by molar-refractivity contribution is 5.79. The van der Waals surface area contributed by atoms with Crippen molar-refractivity contribution in [1.29, 1.82) is 0 Å². The van der Waals surface area contributed by atoms with E-state index < -0.39 is 0 Å². The second kappa shape index (κ2) is 5.56. The summed E-state index contributed by atoms with van der Waals surface area (Å²) in [5.74, 6) is 3.46. The number of benzene rings is 1. The molecule has 1 aromatic heterocycles. The van der Waals surface area contributed by atoms with Gasteiger partial charge in [-0.3, -0.25) is 0 Å². The Labute approximate surface area is 124 Å². The summed E-state index contributed by atoms with van der Waals surface area (Å²) in [4.78, 5) is 8.18. The Balaban J connectivity index is 1.60. The number of imidazole rings is 1. The van der Waals surface area contributed by atoms with Gasteiger partial charge in [0.05, 0.1) is 24.2 Å². The van der Waals surface area contributed by atoms with Gasteiger partial charge in [0.1, 0.15) is 5.82 Å². The largest absolute Gasteiger partial charge is 0.489 e. The van der Waals surface area contributed by atoms with E-state index in [0.717, 1.165) is 60.2 Å². The molecule has 0 spiro atoms. The molecule has 5 nitrogen and oxygen atoms in total. The maximum absolute atomic E-state index is 5.73. The van der Waals surface area contributed by atoms with Crippen molar-refractivity contribution in [2.45, 2.75) is 25.7 Å². The molecule has 0 saturated carbocycles. The van der Waals surface area contributed by atoms with Gasteiger partial charge in [0, 0.05) is 25.0 Å². The summed E-state index contributed by atoms with van der Waals surface area (Å²) in [6, 6.07) is 4.02. The lowest BCUT2D eigenvalue weighted by atomic mass is 9.94. The zero-order valence-electron chi connectivity index (χ0n) is 12.2. The SMILES string of the molecule is c1c2c(cc3[nH]c(CC4CCNCC4)nc13)OCCCO2. The number of nitrogens with one attached hydrogen (secondary N) is 2. The third-order valence-electron chi connectivity index (χ3n) is 4.34. The number of aromatic amines is 1. The first kappa shape index (κ1) is 13.0. The number of piperidine rings is 1. The number of rotatable bonds is 2. The van der Waals surface area contributed by atoms with Crippen LogP contribution in [0.4, 0.5) is 0 Å². The van der Waals surface area contributed by atoms with E-state index in [2.05, 4.69) is 10.3 Å². The average Bonchev–Trinajstić information content (AvgIpc) is 2.74. The van der Waals surface area contributed by atoms with Crippen LogP contribution in [0.15, 0.2) is 12.1 Å². The molecule has 0 aliphatic carbocycles. The number of ether oxygens (including phenoxy) is 2. The Kier molecular flexibility index (Phi) is 3.43. The fourth-order valence-corrected chi connectivity index (χ4v) is 3.18. The van der Waals surface area contributed by atoms with E-state index in [4.69, 9.17) is 14.5 Å². The van der Waals surface area contributed by atoms with Crippen molar-refractivity contribution in [3.63, 3.8) is 0 Å². The molecule has 1 aromatic carbocycles. The Bertz CT molecular complexity index is 589. The molecule has 2 aliphatic rings. The minimum Gasteiger partial charge on any atom is -0.489 e. The van der Waals surface area contributed by atoms with Crippen molar-refractivity contribution in [3.8, 4) is 11.5 Å². The van der Waals surface area contributed by atoms with Crippen LogP contribution in [0, 0.1) is 5.92 Å². The quantitative estimate of drug-likeness (QED) is 0.889. The van der Waals surface area contributed by atoms with E-state index in [1.807, 2.05) is 12.1 Å². The minimum atomic E-state index is 0.713. The van der Waals surface area contributed by atoms with Crippen LogP contribution in [0.5, 0.6) is 11.5 Å². The highest BCUT2D eigenvalue weighted by Gasteiger charge is 2.17. The Morgan fingerprint density at radius 1 is 1.10 bits per heavy atom. The molecule has 0 amide bonds. The summed E-state index contributed by atoms with van der Waals surface area (Å²) in [6.07, 6.45) is 4.43. The normalized spacial score (nSPS) is 19.6. The highest BCUT2D eigenvalue weighted by Crippen LogP contribution is 2.33. The number of nitrogens with zero attached hydrogens (tertiary/aromatic N) is 1. The predicted octanol–water partition coefficient (Wildman–Crippen LogP) is 2.27. The molecular formula is C16H21N3O2. The summed E-state index contributed by atoms with van der Waals surface area (Å²) in [6.45, 7) is 3.68. The zero-order chi connectivity index (χ0) is 14.1. The molecule has 3 heterocycles. The first-order valence-electron chi connectivity index (χ1n) is 7.87. The summed E-state index contributed by atoms with van der Waals surface area (Å²) < 4.78 is 11.5. The Morgan fingerprint density at radius 3 is 2.67 bits per heavy atom. The maximum atomic E-state index is 5.73. The molecule has 1 saturated heterocycles. The van der Waals surface area contributed by atoms with E-state index in [1.54, 1.807) is 0 Å². The van der Waals surface area contributed by atoms with Crippen LogP contribution in [0.3, 0.4) is 0 Å². The van der Waals surface area contributed by atoms with E-state index in [9.17, 15) is 0 Å². The van der Waals surface area contributed by atoms with E-state index in [-0.39, 0.29) is 0 Å². The molecule has 2 N–H and O–H groups in total. The van der Waals surface area contributed by atoms with Gasteiger partial charge in [0.2, 0.25) is 0 Å². The Hall–Kier alpha value is -1.75. The van der Waals surface area contributed by atoms with Crippen LogP contribution < -0.4 is 14.8 Å². The van der Waals surface area contributed by atoms with Crippen molar-refractivity contribution < 1.29 is 9.47 Å². The number of fused-ring (bicyclic) bond motifs is 2. The van der Waals surface area contributed by atoms with E-state index in [1.165, 1.54) is 12.8 Å². The van der Waals surface area contributed by atoms with Crippen molar-refractivity contribution in [2.75, 3.05) is 26.3 Å². The molecule has 4 rings (SSSR count). The highest BCUT2D eigenvalue weighted by atomic mass is 16.5. The van der Waals surface area contributed by atoms with Gasteiger partial charge in [-0.2, -0.15) is 0 Å². The summed E-state index contributed by atoms with van der Waals surface area (Å²) in [5.41, 5.74) is 2.02. The molecule has 0 atom stereocenters. The lowest BCUT2D eigenvalue weighted by molar-refractivity contribution is 0.297. The molecule has 1 fully saturated rings. The van der Waals surface area contributed by atoms with Gasteiger partial charge in [-0.05, 0) is 31.8 Å². The topological polar surface area (TPSA) is 59.2 Å². The molecule has 0 bridgehead atoms. The van der Waals surface area contributed by atoms with Gasteiger partial charge < -0.3 is 19.8 Å². The lowest BCUT2D eigenvalue weighted by Gasteiger charge is -2.21.